The van der Waals surface area contributed by atoms with E-state index in [2.05, 4.69) is 46.8 Å². The molecule has 0 radical (unpaired) electrons. The summed E-state index contributed by atoms with van der Waals surface area (Å²) < 4.78 is 48.9. The van der Waals surface area contributed by atoms with Crippen LogP contribution in [0, 0.1) is 44.3 Å². The zero-order chi connectivity index (χ0) is 54.7. The third-order valence-corrected chi connectivity index (χ3v) is 21.0. The molecule has 21 nitrogen and oxygen atoms in total. The summed E-state index contributed by atoms with van der Waals surface area (Å²) in [6.45, 7) is 15.1. The minimum atomic E-state index is -1.98. The lowest BCUT2D eigenvalue weighted by Gasteiger charge is -2.70. The van der Waals surface area contributed by atoms with E-state index in [1.165, 1.54) is 25.0 Å². The van der Waals surface area contributed by atoms with Gasteiger partial charge in [-0.05, 0) is 111 Å². The summed E-state index contributed by atoms with van der Waals surface area (Å²) in [5.41, 5.74) is 1.44. The van der Waals surface area contributed by atoms with Crippen LogP contribution in [0.3, 0.4) is 0 Å². The molecule has 0 bridgehead atoms. The van der Waals surface area contributed by atoms with Crippen LogP contribution in [0.5, 0.6) is 0 Å². The quantitative estimate of drug-likeness (QED) is 0.108. The van der Waals surface area contributed by atoms with Crippen molar-refractivity contribution in [3.63, 3.8) is 0 Å². The summed E-state index contributed by atoms with van der Waals surface area (Å²) >= 11 is 0. The normalized spacial score (nSPS) is 54.9. The first kappa shape index (κ1) is 58.3. The fourth-order valence-electron chi connectivity index (χ4n) is 15.9. The number of ether oxygens (including phenoxy) is 8. The van der Waals surface area contributed by atoms with Crippen molar-refractivity contribution in [3.05, 3.63) is 23.3 Å². The number of hydrogen-bond donors (Lipinski definition) is 13. The molecular weight excluding hydrogens is 985 g/mol. The smallest absolute Gasteiger partial charge is 0.187 e. The monoisotopic (exact) mass is 1070 g/mol. The zero-order valence-corrected chi connectivity index (χ0v) is 44.7. The highest BCUT2D eigenvalue weighted by Gasteiger charge is 2.68. The Balaban J connectivity index is 0.950. The Hall–Kier alpha value is -1.36. The van der Waals surface area contributed by atoms with E-state index in [9.17, 15) is 66.4 Å². The van der Waals surface area contributed by atoms with Gasteiger partial charge < -0.3 is 104 Å². The van der Waals surface area contributed by atoms with Gasteiger partial charge in [0.1, 0.15) is 85.5 Å². The fourth-order valence-corrected chi connectivity index (χ4v) is 15.9. The summed E-state index contributed by atoms with van der Waals surface area (Å²) in [5.74, 6) is 0.123. The van der Waals surface area contributed by atoms with Crippen LogP contribution in [0.4, 0.5) is 0 Å². The van der Waals surface area contributed by atoms with Crippen molar-refractivity contribution < 1.29 is 104 Å². The van der Waals surface area contributed by atoms with Crippen molar-refractivity contribution in [1.82, 2.24) is 0 Å². The molecule has 21 heteroatoms. The molecule has 3 saturated carbocycles. The van der Waals surface area contributed by atoms with Gasteiger partial charge in [-0.2, -0.15) is 0 Å². The molecule has 0 aromatic heterocycles. The first-order chi connectivity index (χ1) is 35.2. The number of fused-ring (bicyclic) bond motifs is 6. The molecule has 28 atom stereocenters. The number of allylic oxidation sites excluding steroid dienone is 3. The van der Waals surface area contributed by atoms with E-state index < -0.39 is 148 Å². The molecule has 9 rings (SSSR count). The average molecular weight is 1070 g/mol. The van der Waals surface area contributed by atoms with Crippen LogP contribution in [-0.4, -0.2) is 222 Å². The molecule has 28 unspecified atom stereocenters. The molecular formula is C54H88O21. The second-order valence-corrected chi connectivity index (χ2v) is 25.8. The number of aliphatic hydroxyl groups is 13. The van der Waals surface area contributed by atoms with Gasteiger partial charge in [-0.25, -0.2) is 0 Å². The minimum Gasteiger partial charge on any atom is -0.396 e. The van der Waals surface area contributed by atoms with Gasteiger partial charge in [0.2, 0.25) is 0 Å². The van der Waals surface area contributed by atoms with Gasteiger partial charge >= 0.3 is 0 Å². The third kappa shape index (κ3) is 9.47. The summed E-state index contributed by atoms with van der Waals surface area (Å²) in [5, 5.41) is 143. The first-order valence-electron chi connectivity index (χ1n) is 27.4. The van der Waals surface area contributed by atoms with Crippen molar-refractivity contribution in [2.45, 2.75) is 242 Å². The van der Waals surface area contributed by atoms with Gasteiger partial charge in [0, 0.05) is 10.8 Å². The van der Waals surface area contributed by atoms with Gasteiger partial charge in [0.15, 0.2) is 25.2 Å². The predicted octanol–water partition coefficient (Wildman–Crippen LogP) is -0.614. The van der Waals surface area contributed by atoms with Gasteiger partial charge in [-0.3, -0.25) is 0 Å². The Labute approximate surface area is 439 Å². The van der Waals surface area contributed by atoms with E-state index in [-0.39, 0.29) is 52.1 Å². The molecule has 4 saturated heterocycles. The van der Waals surface area contributed by atoms with E-state index in [0.29, 0.717) is 6.42 Å². The van der Waals surface area contributed by atoms with Crippen molar-refractivity contribution in [3.8, 4) is 0 Å². The molecule has 0 amide bonds. The number of rotatable bonds is 12. The highest BCUT2D eigenvalue weighted by Crippen LogP contribution is 2.74. The zero-order valence-electron chi connectivity index (χ0n) is 44.7. The highest BCUT2D eigenvalue weighted by atomic mass is 16.8. The van der Waals surface area contributed by atoms with Crippen LogP contribution in [0.25, 0.3) is 0 Å². The fraction of sp³-hybridized carbons (Fsp3) is 0.926. The molecule has 4 heterocycles. The predicted molar refractivity (Wildman–Crippen MR) is 261 cm³/mol. The average Bonchev–Trinajstić information content (AvgIpc) is 3.37. The molecule has 5 aliphatic carbocycles. The Morgan fingerprint density at radius 1 is 0.520 bits per heavy atom. The largest absolute Gasteiger partial charge is 0.396 e. The van der Waals surface area contributed by atoms with Gasteiger partial charge in [-0.1, -0.05) is 59.3 Å². The van der Waals surface area contributed by atoms with Crippen LogP contribution in [-0.2, 0) is 37.9 Å². The van der Waals surface area contributed by atoms with Crippen LogP contribution < -0.4 is 0 Å². The minimum absolute atomic E-state index is 0.0355. The van der Waals surface area contributed by atoms with Crippen LogP contribution >= 0.6 is 0 Å². The Morgan fingerprint density at radius 3 is 1.73 bits per heavy atom. The maximum absolute atomic E-state index is 12.0. The highest BCUT2D eigenvalue weighted by molar-refractivity contribution is 5.46. The number of aliphatic hydroxyl groups excluding tert-OH is 13. The maximum atomic E-state index is 12.0. The van der Waals surface area contributed by atoms with E-state index in [1.54, 1.807) is 0 Å². The van der Waals surface area contributed by atoms with E-state index in [4.69, 9.17) is 37.9 Å². The standard InChI is InChI=1S/C54H88O21/c1-24-33(59)36(62)39(65)45(68-24)74-43-34(60)25(2)69-48(44(43)75-47-40(66)37(63)35(61)28(20-55)70-47)73-42-29(21-56)71-46(41(67)38(42)64)72-32-12-13-50(5)30(51(32,6)22-57)11-14-53(8)31(50)10-9-26-27-19-49(3,4)15-17-54(27,23-58)18-16-52(26,53)7/h9-10,24-25,28-48,55-67H,11-23H2,1-8H3. The lowest BCUT2D eigenvalue weighted by atomic mass is 9.35. The van der Waals surface area contributed by atoms with Crippen molar-refractivity contribution in [2.75, 3.05) is 26.4 Å². The first-order valence-corrected chi connectivity index (χ1v) is 27.4. The topological polar surface area (TPSA) is 337 Å². The summed E-state index contributed by atoms with van der Waals surface area (Å²) in [7, 11) is 0. The molecule has 0 spiro atoms. The molecule has 430 valence electrons. The van der Waals surface area contributed by atoms with Gasteiger partial charge in [0.25, 0.3) is 0 Å². The molecule has 0 aromatic rings. The van der Waals surface area contributed by atoms with E-state index in [1.807, 2.05) is 6.92 Å². The summed E-state index contributed by atoms with van der Waals surface area (Å²) in [4.78, 5) is 0. The molecule has 4 aliphatic heterocycles. The van der Waals surface area contributed by atoms with Crippen molar-refractivity contribution in [2.24, 2.45) is 44.3 Å². The Morgan fingerprint density at radius 2 is 1.08 bits per heavy atom. The maximum Gasteiger partial charge on any atom is 0.187 e. The van der Waals surface area contributed by atoms with Gasteiger partial charge in [-0.15, -0.1) is 0 Å². The number of hydrogen-bond acceptors (Lipinski definition) is 21. The Bertz CT molecular complexity index is 2070. The SMILES string of the molecule is CC1OC(OC2C(O)C(C)OC(OC3C(CO)OC(OC4CCC5(C)C(CCC6(C)C5C=CC5=C7CC(C)(C)CCC7(CO)CCC56C)C4(C)CO)C(O)C3O)C2OC2OC(CO)C(O)C(O)C2O)C(O)C(O)C1O. The molecule has 75 heavy (non-hydrogen) atoms. The van der Waals surface area contributed by atoms with E-state index in [0.717, 1.165) is 51.4 Å². The third-order valence-electron chi connectivity index (χ3n) is 21.0. The van der Waals surface area contributed by atoms with E-state index >= 15 is 0 Å². The second kappa shape index (κ2) is 21.2. The lowest BCUT2D eigenvalue weighted by Crippen LogP contribution is -2.68. The molecule has 13 N–H and O–H groups in total. The molecule has 9 aliphatic rings. The Kier molecular flexibility index (Phi) is 16.5. The molecule has 0 aromatic carbocycles. The van der Waals surface area contributed by atoms with Crippen molar-refractivity contribution in [1.29, 1.82) is 0 Å². The van der Waals surface area contributed by atoms with Gasteiger partial charge in [0.05, 0.1) is 44.7 Å². The van der Waals surface area contributed by atoms with Crippen LogP contribution in [0.1, 0.15) is 113 Å². The summed E-state index contributed by atoms with van der Waals surface area (Å²) in [6.07, 6.45) is -21.3. The molecule has 7 fully saturated rings. The second-order valence-electron chi connectivity index (χ2n) is 25.8. The van der Waals surface area contributed by atoms with Crippen molar-refractivity contribution >= 4 is 0 Å². The van der Waals surface area contributed by atoms with Crippen LogP contribution in [0.15, 0.2) is 23.3 Å². The summed E-state index contributed by atoms with van der Waals surface area (Å²) in [6, 6.07) is 0. The van der Waals surface area contributed by atoms with Crippen LogP contribution in [0.2, 0.25) is 0 Å². The lowest BCUT2D eigenvalue weighted by molar-refractivity contribution is -0.404.